The number of hydrogen-bond acceptors (Lipinski definition) is 5. The molecule has 0 saturated carbocycles. The van der Waals surface area contributed by atoms with Crippen LogP contribution in [0, 0.1) is 0 Å². The molecule has 1 atom stereocenters. The number of carbonyl (C=O) groups is 2. The molecule has 0 spiro atoms. The molecule has 0 aliphatic heterocycles. The second-order valence-electron chi connectivity index (χ2n) is 5.09. The maximum absolute atomic E-state index is 12.4. The molecule has 3 N–H and O–H groups in total. The molecule has 0 saturated heterocycles. The van der Waals surface area contributed by atoms with E-state index in [0.717, 1.165) is 6.07 Å². The van der Waals surface area contributed by atoms with Crippen molar-refractivity contribution in [1.29, 1.82) is 0 Å². The predicted molar refractivity (Wildman–Crippen MR) is 92.8 cm³/mol. The van der Waals surface area contributed by atoms with Crippen LogP contribution in [0.15, 0.2) is 53.4 Å². The van der Waals surface area contributed by atoms with Crippen molar-refractivity contribution < 1.29 is 22.7 Å². The van der Waals surface area contributed by atoms with Crippen LogP contribution in [0.5, 0.6) is 0 Å². The van der Waals surface area contributed by atoms with Gasteiger partial charge in [-0.05, 0) is 43.3 Å². The Bertz CT molecular complexity index is 914. The van der Waals surface area contributed by atoms with Crippen LogP contribution in [0.3, 0.4) is 0 Å². The van der Waals surface area contributed by atoms with E-state index in [2.05, 4.69) is 4.72 Å². The number of anilines is 1. The van der Waals surface area contributed by atoms with E-state index in [1.54, 1.807) is 12.1 Å². The van der Waals surface area contributed by atoms with Gasteiger partial charge in [-0.1, -0.05) is 23.7 Å². The molecule has 25 heavy (non-hydrogen) atoms. The fraction of sp³-hybridized carbons (Fsp3) is 0.125. The Morgan fingerprint density at radius 2 is 1.84 bits per heavy atom. The molecular weight excluding hydrogens is 368 g/mol. The van der Waals surface area contributed by atoms with Crippen LogP contribution in [-0.2, 0) is 19.6 Å². The number of nitrogens with two attached hydrogens (primary N) is 1. The standard InChI is InChI=1S/C16H15ClN2O5S/c1-10(15(18)20)24-16(21)11-4-2-7-14(8-11)25(22,23)19-13-6-3-5-12(17)9-13/h2-10,19H,1H3,(H2,18,20)/t10-/m1/s1. The van der Waals surface area contributed by atoms with Crippen molar-refractivity contribution in [3.05, 3.63) is 59.1 Å². The first kappa shape index (κ1) is 18.8. The molecule has 0 heterocycles. The van der Waals surface area contributed by atoms with Crippen molar-refractivity contribution in [2.45, 2.75) is 17.9 Å². The number of amides is 1. The number of esters is 1. The van der Waals surface area contributed by atoms with E-state index in [4.69, 9.17) is 22.1 Å². The lowest BCUT2D eigenvalue weighted by molar-refractivity contribution is -0.125. The molecule has 0 aliphatic rings. The minimum Gasteiger partial charge on any atom is -0.449 e. The smallest absolute Gasteiger partial charge is 0.338 e. The molecule has 2 rings (SSSR count). The van der Waals surface area contributed by atoms with E-state index >= 15 is 0 Å². The number of carbonyl (C=O) groups excluding carboxylic acids is 2. The van der Waals surface area contributed by atoms with E-state index in [1.165, 1.54) is 37.3 Å². The van der Waals surface area contributed by atoms with Gasteiger partial charge in [0, 0.05) is 5.02 Å². The Balaban J connectivity index is 2.25. The number of primary amides is 1. The number of benzene rings is 2. The Morgan fingerprint density at radius 1 is 1.16 bits per heavy atom. The van der Waals surface area contributed by atoms with Crippen molar-refractivity contribution in [2.75, 3.05) is 4.72 Å². The number of hydrogen-bond donors (Lipinski definition) is 2. The topological polar surface area (TPSA) is 116 Å². The van der Waals surface area contributed by atoms with Gasteiger partial charge in [0.25, 0.3) is 15.9 Å². The number of ether oxygens (including phenoxy) is 1. The van der Waals surface area contributed by atoms with E-state index in [0.29, 0.717) is 5.02 Å². The molecule has 132 valence electrons. The summed E-state index contributed by atoms with van der Waals surface area (Å²) in [5, 5.41) is 0.373. The van der Waals surface area contributed by atoms with Crippen molar-refractivity contribution >= 4 is 39.2 Å². The minimum absolute atomic E-state index is 0.0259. The van der Waals surface area contributed by atoms with Crippen LogP contribution in [0.25, 0.3) is 0 Å². The first-order valence-electron chi connectivity index (χ1n) is 7.08. The van der Waals surface area contributed by atoms with Crippen molar-refractivity contribution in [3.8, 4) is 0 Å². The van der Waals surface area contributed by atoms with Gasteiger partial charge in [-0.2, -0.15) is 0 Å². The summed E-state index contributed by atoms with van der Waals surface area (Å²) >= 11 is 5.83. The zero-order chi connectivity index (χ0) is 18.6. The van der Waals surface area contributed by atoms with Gasteiger partial charge in [-0.15, -0.1) is 0 Å². The zero-order valence-corrected chi connectivity index (χ0v) is 14.7. The summed E-state index contributed by atoms with van der Waals surface area (Å²) in [5.74, 6) is -1.66. The van der Waals surface area contributed by atoms with Crippen molar-refractivity contribution in [2.24, 2.45) is 5.73 Å². The third-order valence-electron chi connectivity index (χ3n) is 3.14. The predicted octanol–water partition coefficient (Wildman–Crippen LogP) is 2.17. The highest BCUT2D eigenvalue weighted by Gasteiger charge is 2.20. The second kappa shape index (κ2) is 7.54. The number of sulfonamides is 1. The lowest BCUT2D eigenvalue weighted by Gasteiger charge is -2.11. The minimum atomic E-state index is -3.94. The quantitative estimate of drug-likeness (QED) is 0.743. The van der Waals surface area contributed by atoms with Crippen LogP contribution < -0.4 is 10.5 Å². The molecule has 2 aromatic rings. The molecule has 0 radical (unpaired) electrons. The van der Waals surface area contributed by atoms with Gasteiger partial charge in [0.2, 0.25) is 0 Å². The van der Waals surface area contributed by atoms with Crippen molar-refractivity contribution in [1.82, 2.24) is 0 Å². The third-order valence-corrected chi connectivity index (χ3v) is 4.76. The fourth-order valence-electron chi connectivity index (χ4n) is 1.84. The number of rotatable bonds is 6. The highest BCUT2D eigenvalue weighted by molar-refractivity contribution is 7.92. The molecule has 9 heteroatoms. The molecule has 7 nitrogen and oxygen atoms in total. The second-order valence-corrected chi connectivity index (χ2v) is 7.21. The Hall–Kier alpha value is -2.58. The van der Waals surface area contributed by atoms with Gasteiger partial charge in [0.05, 0.1) is 16.1 Å². The van der Waals surface area contributed by atoms with Crippen LogP contribution in [0.4, 0.5) is 5.69 Å². The monoisotopic (exact) mass is 382 g/mol. The maximum atomic E-state index is 12.4. The highest BCUT2D eigenvalue weighted by Crippen LogP contribution is 2.20. The van der Waals surface area contributed by atoms with E-state index in [9.17, 15) is 18.0 Å². The number of nitrogens with one attached hydrogen (secondary N) is 1. The highest BCUT2D eigenvalue weighted by atomic mass is 35.5. The summed E-state index contributed by atoms with van der Waals surface area (Å²) < 4.78 is 32.1. The summed E-state index contributed by atoms with van der Waals surface area (Å²) in [6, 6.07) is 11.4. The molecule has 0 aliphatic carbocycles. The van der Waals surface area contributed by atoms with E-state index in [-0.39, 0.29) is 16.1 Å². The average molecular weight is 383 g/mol. The van der Waals surface area contributed by atoms with Gasteiger partial charge in [-0.25, -0.2) is 13.2 Å². The maximum Gasteiger partial charge on any atom is 0.338 e. The Morgan fingerprint density at radius 3 is 2.48 bits per heavy atom. The van der Waals surface area contributed by atoms with Crippen LogP contribution in [0.1, 0.15) is 17.3 Å². The van der Waals surface area contributed by atoms with E-state index in [1.807, 2.05) is 0 Å². The summed E-state index contributed by atoms with van der Waals surface area (Å²) in [4.78, 5) is 22.8. The first-order chi connectivity index (χ1) is 11.7. The van der Waals surface area contributed by atoms with Gasteiger partial charge < -0.3 is 10.5 Å². The van der Waals surface area contributed by atoms with Gasteiger partial charge >= 0.3 is 5.97 Å². The SMILES string of the molecule is C[C@@H](OC(=O)c1cccc(S(=O)(=O)Nc2cccc(Cl)c2)c1)C(N)=O. The normalized spacial score (nSPS) is 12.2. The lowest BCUT2D eigenvalue weighted by atomic mass is 10.2. The number of halogens is 1. The molecule has 0 bridgehead atoms. The molecule has 0 aromatic heterocycles. The van der Waals surface area contributed by atoms with E-state index < -0.39 is 28.0 Å². The van der Waals surface area contributed by atoms with Gasteiger partial charge in [0.1, 0.15) is 0 Å². The first-order valence-corrected chi connectivity index (χ1v) is 8.94. The van der Waals surface area contributed by atoms with Crippen LogP contribution in [-0.4, -0.2) is 26.4 Å². The van der Waals surface area contributed by atoms with Crippen LogP contribution >= 0.6 is 11.6 Å². The zero-order valence-electron chi connectivity index (χ0n) is 13.1. The molecule has 2 aromatic carbocycles. The molecule has 0 unspecified atom stereocenters. The Kier molecular flexibility index (Phi) is 5.66. The van der Waals surface area contributed by atoms with Gasteiger partial charge in [0.15, 0.2) is 6.10 Å². The van der Waals surface area contributed by atoms with Gasteiger partial charge in [-0.3, -0.25) is 9.52 Å². The summed E-state index contributed by atoms with van der Waals surface area (Å²) in [7, 11) is -3.94. The third kappa shape index (κ3) is 4.94. The molecule has 0 fully saturated rings. The fourth-order valence-corrected chi connectivity index (χ4v) is 3.13. The summed E-state index contributed by atoms with van der Waals surface area (Å²) in [6.45, 7) is 1.32. The summed E-state index contributed by atoms with van der Waals surface area (Å²) in [6.07, 6.45) is -1.13. The molecular formula is C16H15ClN2O5S. The van der Waals surface area contributed by atoms with Crippen molar-refractivity contribution in [3.63, 3.8) is 0 Å². The summed E-state index contributed by atoms with van der Waals surface area (Å²) in [5.41, 5.74) is 5.28. The average Bonchev–Trinajstić information content (AvgIpc) is 2.54. The Labute approximate surface area is 149 Å². The largest absolute Gasteiger partial charge is 0.449 e. The molecule has 1 amide bonds. The lowest BCUT2D eigenvalue weighted by Crippen LogP contribution is -2.30. The van der Waals surface area contributed by atoms with Crippen LogP contribution in [0.2, 0.25) is 5.02 Å².